The van der Waals surface area contributed by atoms with Crippen LogP contribution in [0.4, 0.5) is 0 Å². The van der Waals surface area contributed by atoms with E-state index < -0.39 is 11.8 Å². The molecule has 6 rings (SSSR count). The van der Waals surface area contributed by atoms with Crippen molar-refractivity contribution in [1.29, 1.82) is 0 Å². The van der Waals surface area contributed by atoms with Gasteiger partial charge in [0.05, 0.1) is 51.0 Å². The Kier molecular flexibility index (Phi) is 13.2. The van der Waals surface area contributed by atoms with Crippen LogP contribution < -0.4 is 0 Å². The minimum atomic E-state index is -0.454. The summed E-state index contributed by atoms with van der Waals surface area (Å²) in [5.41, 5.74) is 5.47. The van der Waals surface area contributed by atoms with E-state index in [-0.39, 0.29) is 60.5 Å². The van der Waals surface area contributed by atoms with Crippen LogP contribution in [0.25, 0.3) is 33.6 Å². The molecule has 4 atom stereocenters. The minimum Gasteiger partial charge on any atom is -0.469 e. The molecule has 2 N–H and O–H groups in total. The molecule has 0 saturated carbocycles. The summed E-state index contributed by atoms with van der Waals surface area (Å²) in [7, 11) is 2.70. The van der Waals surface area contributed by atoms with Gasteiger partial charge in [-0.1, -0.05) is 76.2 Å². The van der Waals surface area contributed by atoms with Gasteiger partial charge in [0.1, 0.15) is 32.2 Å². The highest BCUT2D eigenvalue weighted by molar-refractivity contribution is 9.10. The second kappa shape index (κ2) is 17.9. The maximum absolute atomic E-state index is 13.7. The Morgan fingerprint density at radius 2 is 0.982 bits per heavy atom. The van der Waals surface area contributed by atoms with Crippen molar-refractivity contribution in [3.05, 3.63) is 69.4 Å². The molecule has 0 aliphatic carbocycles. The number of hydrogen-bond donors (Lipinski definition) is 2. The third-order valence-electron chi connectivity index (χ3n) is 11.2. The maximum atomic E-state index is 13.7. The van der Waals surface area contributed by atoms with E-state index in [1.54, 1.807) is 0 Å². The molecule has 2 aromatic carbocycles. The number of nitrogens with zero attached hydrogens (tertiary/aromatic N) is 4. The lowest BCUT2D eigenvalue weighted by Crippen LogP contribution is -2.39. The van der Waals surface area contributed by atoms with E-state index >= 15 is 0 Å². The SMILES string of the molecule is COC(=O)C[C@H](C(=O)N1CCC[C@H]1c1nc(-c2ccc(-c3ccc(-c4nc([C@@H]5CCCN5C(=O)[C@@H](CC(=O)OC)C(C)C)[nH]c4Br)cc3)cc2)c(Br)[nH]1)C(C)C. The third-order valence-corrected chi connectivity index (χ3v) is 12.3. The molecule has 2 amide bonds. The predicted octanol–water partition coefficient (Wildman–Crippen LogP) is 8.66. The van der Waals surface area contributed by atoms with Crippen LogP contribution in [-0.2, 0) is 28.7 Å². The van der Waals surface area contributed by atoms with Gasteiger partial charge in [0.15, 0.2) is 0 Å². The molecule has 2 saturated heterocycles. The fraction of sp³-hybridized carbons (Fsp3) is 0.476. The summed E-state index contributed by atoms with van der Waals surface area (Å²) in [4.78, 5) is 71.9. The van der Waals surface area contributed by atoms with Gasteiger partial charge >= 0.3 is 11.9 Å². The van der Waals surface area contributed by atoms with Crippen LogP contribution in [0.15, 0.2) is 57.7 Å². The first-order chi connectivity index (χ1) is 26.8. The lowest BCUT2D eigenvalue weighted by atomic mass is 9.91. The van der Waals surface area contributed by atoms with E-state index in [1.807, 2.05) is 61.8 Å². The van der Waals surface area contributed by atoms with Crippen LogP contribution in [0, 0.1) is 23.7 Å². The summed E-state index contributed by atoms with van der Waals surface area (Å²) in [5.74, 6) is -0.334. The lowest BCUT2D eigenvalue weighted by molar-refractivity contribution is -0.148. The highest BCUT2D eigenvalue weighted by atomic mass is 79.9. The fourth-order valence-corrected chi connectivity index (χ4v) is 8.92. The van der Waals surface area contributed by atoms with Crippen LogP contribution in [0.1, 0.15) is 90.0 Å². The van der Waals surface area contributed by atoms with Gasteiger partial charge in [-0.25, -0.2) is 9.97 Å². The first-order valence-corrected chi connectivity index (χ1v) is 20.9. The van der Waals surface area contributed by atoms with Crippen molar-refractivity contribution < 1.29 is 28.7 Å². The molecule has 12 nitrogen and oxygen atoms in total. The number of aromatic amines is 2. The van der Waals surface area contributed by atoms with Crippen LogP contribution in [0.5, 0.6) is 0 Å². The Bertz CT molecular complexity index is 1900. The van der Waals surface area contributed by atoms with Crippen LogP contribution in [0.2, 0.25) is 0 Å². The first-order valence-electron chi connectivity index (χ1n) is 19.3. The predicted molar refractivity (Wildman–Crippen MR) is 220 cm³/mol. The number of nitrogens with one attached hydrogen (secondary N) is 2. The first kappa shape index (κ1) is 41.3. The zero-order valence-electron chi connectivity index (χ0n) is 32.7. The van der Waals surface area contributed by atoms with Gasteiger partial charge < -0.3 is 29.2 Å². The molecule has 4 aromatic rings. The van der Waals surface area contributed by atoms with Gasteiger partial charge in [-0.2, -0.15) is 0 Å². The van der Waals surface area contributed by atoms with Crippen LogP contribution >= 0.6 is 31.9 Å². The number of carbonyl (C=O) groups excluding carboxylic acids is 4. The second-order valence-corrected chi connectivity index (χ2v) is 17.0. The van der Waals surface area contributed by atoms with Crippen molar-refractivity contribution in [2.75, 3.05) is 27.3 Å². The summed E-state index contributed by atoms with van der Waals surface area (Å²) in [6.07, 6.45) is 3.41. The van der Waals surface area contributed by atoms with E-state index in [1.165, 1.54) is 14.2 Å². The normalized spacial score (nSPS) is 18.1. The molecule has 0 radical (unpaired) electrons. The molecule has 0 unspecified atom stereocenters. The number of rotatable bonds is 13. The number of halogens is 2. The molecular weight excluding hydrogens is 844 g/mol. The molecule has 2 aliphatic rings. The number of carbonyl (C=O) groups is 4. The molecular formula is C42H50Br2N6O6. The van der Waals surface area contributed by atoms with Crippen molar-refractivity contribution in [3.8, 4) is 33.6 Å². The van der Waals surface area contributed by atoms with Crippen molar-refractivity contribution in [3.63, 3.8) is 0 Å². The quantitative estimate of drug-likeness (QED) is 0.127. The zero-order chi connectivity index (χ0) is 40.3. The number of likely N-dealkylation sites (tertiary alicyclic amines) is 2. The molecule has 56 heavy (non-hydrogen) atoms. The molecule has 4 heterocycles. The number of benzene rings is 2. The topological polar surface area (TPSA) is 151 Å². The van der Waals surface area contributed by atoms with E-state index in [4.69, 9.17) is 19.4 Å². The Morgan fingerprint density at radius 1 is 0.643 bits per heavy atom. The van der Waals surface area contributed by atoms with Gasteiger partial charge in [-0.05, 0) is 80.5 Å². The van der Waals surface area contributed by atoms with Gasteiger partial charge in [0.25, 0.3) is 0 Å². The Balaban J connectivity index is 1.15. The zero-order valence-corrected chi connectivity index (χ0v) is 35.9. The highest BCUT2D eigenvalue weighted by Crippen LogP contribution is 2.39. The van der Waals surface area contributed by atoms with Crippen LogP contribution in [-0.4, -0.2) is 80.8 Å². The third kappa shape index (κ3) is 8.81. The summed E-state index contributed by atoms with van der Waals surface area (Å²) in [6.45, 7) is 9.07. The van der Waals surface area contributed by atoms with Crippen molar-refractivity contribution in [2.24, 2.45) is 23.7 Å². The van der Waals surface area contributed by atoms with Gasteiger partial charge in [-0.15, -0.1) is 0 Å². The van der Waals surface area contributed by atoms with Crippen molar-refractivity contribution in [2.45, 2.75) is 78.3 Å². The number of aromatic nitrogens is 4. The molecule has 14 heteroatoms. The number of ether oxygens (including phenoxy) is 2. The summed E-state index contributed by atoms with van der Waals surface area (Å²) in [6, 6.07) is 16.0. The average Bonchev–Trinajstić information content (AvgIpc) is 4.02. The summed E-state index contributed by atoms with van der Waals surface area (Å²) in [5, 5.41) is 0. The minimum absolute atomic E-state index is 0.00662. The van der Waals surface area contributed by atoms with E-state index in [0.29, 0.717) is 13.1 Å². The number of H-pyrrole nitrogens is 2. The van der Waals surface area contributed by atoms with Gasteiger partial charge in [-0.3, -0.25) is 19.2 Å². The standard InChI is InChI=1S/C42H50Br2N6O6/c1-23(2)29(21-33(51)55-5)41(53)49-19-7-9-31(49)39-45-35(37(43)47-39)27-15-11-25(12-16-27)26-13-17-28(18-14-26)36-38(44)48-40(46-36)32-10-8-20-50(32)42(54)30(24(3)4)22-34(52)56-6/h11-18,23-24,29-32H,7-10,19-22H2,1-6H3,(H,45,47)(H,46,48)/t29-,30-,31-,32-/m0/s1. The Labute approximate surface area is 344 Å². The Hall–Kier alpha value is -4.30. The molecule has 2 aromatic heterocycles. The summed E-state index contributed by atoms with van der Waals surface area (Å²) < 4.78 is 11.2. The van der Waals surface area contributed by atoms with E-state index in [0.717, 1.165) is 80.2 Å². The number of esters is 2. The second-order valence-electron chi connectivity index (χ2n) is 15.4. The smallest absolute Gasteiger partial charge is 0.306 e. The highest BCUT2D eigenvalue weighted by Gasteiger charge is 2.39. The summed E-state index contributed by atoms with van der Waals surface area (Å²) >= 11 is 7.35. The number of hydrogen-bond acceptors (Lipinski definition) is 8. The van der Waals surface area contributed by atoms with E-state index in [2.05, 4.69) is 66.1 Å². The maximum Gasteiger partial charge on any atom is 0.306 e. The molecule has 0 spiro atoms. The monoisotopic (exact) mass is 892 g/mol. The van der Waals surface area contributed by atoms with Crippen LogP contribution in [0.3, 0.4) is 0 Å². The largest absolute Gasteiger partial charge is 0.469 e. The number of methoxy groups -OCH3 is 2. The van der Waals surface area contributed by atoms with E-state index in [9.17, 15) is 19.2 Å². The molecule has 298 valence electrons. The lowest BCUT2D eigenvalue weighted by Gasteiger charge is -2.29. The van der Waals surface area contributed by atoms with Gasteiger partial charge in [0.2, 0.25) is 11.8 Å². The Morgan fingerprint density at radius 3 is 1.30 bits per heavy atom. The molecule has 2 aliphatic heterocycles. The average molecular weight is 895 g/mol. The number of imidazole rings is 2. The van der Waals surface area contributed by atoms with Crippen molar-refractivity contribution >= 4 is 55.6 Å². The fourth-order valence-electron chi connectivity index (χ4n) is 7.88. The molecule has 2 fully saturated rings. The van der Waals surface area contributed by atoms with Crippen molar-refractivity contribution in [1.82, 2.24) is 29.7 Å². The number of amides is 2. The van der Waals surface area contributed by atoms with Gasteiger partial charge in [0, 0.05) is 24.2 Å². The molecule has 0 bridgehead atoms.